The van der Waals surface area contributed by atoms with Gasteiger partial charge in [0.05, 0.1) is 17.2 Å². The predicted octanol–water partition coefficient (Wildman–Crippen LogP) is 2.89. The van der Waals surface area contributed by atoms with Gasteiger partial charge in [-0.05, 0) is 55.7 Å². The Morgan fingerprint density at radius 1 is 1.21 bits per heavy atom. The molecule has 2 aromatic carbocycles. The van der Waals surface area contributed by atoms with Crippen LogP contribution in [0.2, 0.25) is 5.02 Å². The number of nitrogens with one attached hydrogen (secondary N) is 2. The van der Waals surface area contributed by atoms with Crippen molar-refractivity contribution in [2.45, 2.75) is 32.4 Å². The maximum absolute atomic E-state index is 12.5. The summed E-state index contributed by atoms with van der Waals surface area (Å²) in [6, 6.07) is 10.4. The summed E-state index contributed by atoms with van der Waals surface area (Å²) < 4.78 is 1.33. The highest BCUT2D eigenvalue weighted by Gasteiger charge is 2.24. The topological polar surface area (TPSA) is 93.1 Å². The van der Waals surface area contributed by atoms with E-state index in [9.17, 15) is 14.4 Å². The Morgan fingerprint density at radius 3 is 2.76 bits per heavy atom. The molecule has 1 aromatic heterocycles. The standard InChI is InChI=1S/C21H19ClN4O3/c1-12-2-4-14(22)9-16(12)25-19(27)11-26-18-7-3-13(21(29)24-15-5-6-15)8-17(18)23-10-20(26)28/h2-4,7-10,15H,5-6,11H2,1H3,(H,24,29)(H,25,27). The van der Waals surface area contributed by atoms with Crippen molar-refractivity contribution >= 4 is 40.1 Å². The minimum atomic E-state index is -0.398. The van der Waals surface area contributed by atoms with E-state index in [-0.39, 0.29) is 24.4 Å². The summed E-state index contributed by atoms with van der Waals surface area (Å²) in [4.78, 5) is 41.3. The highest BCUT2D eigenvalue weighted by Crippen LogP contribution is 2.21. The number of aromatic nitrogens is 2. The van der Waals surface area contributed by atoms with Crippen molar-refractivity contribution in [2.75, 3.05) is 5.32 Å². The van der Waals surface area contributed by atoms with Gasteiger partial charge < -0.3 is 10.6 Å². The summed E-state index contributed by atoms with van der Waals surface area (Å²) in [5.41, 5.74) is 2.49. The number of benzene rings is 2. The van der Waals surface area contributed by atoms with E-state index in [0.29, 0.717) is 27.3 Å². The number of aryl methyl sites for hydroxylation is 1. The first kappa shape index (κ1) is 19.1. The first-order valence-electron chi connectivity index (χ1n) is 9.27. The molecule has 1 aliphatic rings. The molecule has 0 spiro atoms. The minimum Gasteiger partial charge on any atom is -0.349 e. The number of halogens is 1. The lowest BCUT2D eigenvalue weighted by Crippen LogP contribution is -2.28. The van der Waals surface area contributed by atoms with Crippen LogP contribution in [0.1, 0.15) is 28.8 Å². The maximum atomic E-state index is 12.5. The van der Waals surface area contributed by atoms with E-state index in [1.165, 1.54) is 4.57 Å². The molecule has 1 saturated carbocycles. The van der Waals surface area contributed by atoms with Crippen molar-refractivity contribution in [1.29, 1.82) is 0 Å². The third kappa shape index (κ3) is 4.30. The zero-order chi connectivity index (χ0) is 20.5. The third-order valence-corrected chi connectivity index (χ3v) is 5.03. The molecule has 1 heterocycles. The van der Waals surface area contributed by atoms with E-state index >= 15 is 0 Å². The number of anilines is 1. The lowest BCUT2D eigenvalue weighted by molar-refractivity contribution is -0.116. The SMILES string of the molecule is Cc1ccc(Cl)cc1NC(=O)Cn1c(=O)cnc2cc(C(=O)NC3CC3)ccc21. The fourth-order valence-corrected chi connectivity index (χ4v) is 3.20. The van der Waals surface area contributed by atoms with Gasteiger partial charge in [-0.1, -0.05) is 17.7 Å². The van der Waals surface area contributed by atoms with E-state index in [0.717, 1.165) is 24.6 Å². The summed E-state index contributed by atoms with van der Waals surface area (Å²) >= 11 is 5.99. The van der Waals surface area contributed by atoms with Crippen LogP contribution in [-0.2, 0) is 11.3 Å². The zero-order valence-electron chi connectivity index (χ0n) is 15.7. The number of amides is 2. The zero-order valence-corrected chi connectivity index (χ0v) is 16.5. The summed E-state index contributed by atoms with van der Waals surface area (Å²) in [6.07, 6.45) is 3.15. The molecule has 7 nitrogen and oxygen atoms in total. The Balaban J connectivity index is 1.59. The van der Waals surface area contributed by atoms with Crippen molar-refractivity contribution in [3.8, 4) is 0 Å². The first-order valence-corrected chi connectivity index (χ1v) is 9.65. The molecule has 2 amide bonds. The second kappa shape index (κ2) is 7.67. The number of rotatable bonds is 5. The number of carbonyl (C=O) groups is 2. The Labute approximate surface area is 171 Å². The predicted molar refractivity (Wildman–Crippen MR) is 111 cm³/mol. The lowest BCUT2D eigenvalue weighted by atomic mass is 10.1. The Hall–Kier alpha value is -3.19. The Morgan fingerprint density at radius 2 is 2.00 bits per heavy atom. The van der Waals surface area contributed by atoms with Crippen LogP contribution in [0.15, 0.2) is 47.4 Å². The number of fused-ring (bicyclic) bond motifs is 1. The molecule has 0 atom stereocenters. The van der Waals surface area contributed by atoms with Gasteiger partial charge in [0.25, 0.3) is 11.5 Å². The fraction of sp³-hybridized carbons (Fsp3) is 0.238. The van der Waals surface area contributed by atoms with Crippen LogP contribution in [0.5, 0.6) is 0 Å². The Bertz CT molecular complexity index is 1180. The molecule has 0 unspecified atom stereocenters. The van der Waals surface area contributed by atoms with Crippen molar-refractivity contribution in [1.82, 2.24) is 14.9 Å². The van der Waals surface area contributed by atoms with Crippen molar-refractivity contribution in [3.63, 3.8) is 0 Å². The van der Waals surface area contributed by atoms with Crippen LogP contribution in [0.4, 0.5) is 5.69 Å². The smallest absolute Gasteiger partial charge is 0.269 e. The van der Waals surface area contributed by atoms with Crippen LogP contribution in [0, 0.1) is 6.92 Å². The molecule has 1 aliphatic carbocycles. The van der Waals surface area contributed by atoms with Gasteiger partial charge in [0.1, 0.15) is 6.54 Å². The first-order chi connectivity index (χ1) is 13.9. The van der Waals surface area contributed by atoms with Gasteiger partial charge in [-0.15, -0.1) is 0 Å². The van der Waals surface area contributed by atoms with E-state index in [1.807, 2.05) is 6.92 Å². The molecular weight excluding hydrogens is 392 g/mol. The number of hydrogen-bond acceptors (Lipinski definition) is 4. The minimum absolute atomic E-state index is 0.164. The van der Waals surface area contributed by atoms with Crippen LogP contribution < -0.4 is 16.2 Å². The van der Waals surface area contributed by atoms with Gasteiger partial charge in [0, 0.05) is 22.3 Å². The Kier molecular flexibility index (Phi) is 5.07. The van der Waals surface area contributed by atoms with E-state index in [2.05, 4.69) is 15.6 Å². The highest BCUT2D eigenvalue weighted by molar-refractivity contribution is 6.31. The molecule has 0 aliphatic heterocycles. The number of nitrogens with zero attached hydrogens (tertiary/aromatic N) is 2. The van der Waals surface area contributed by atoms with Gasteiger partial charge in [-0.3, -0.25) is 19.0 Å². The summed E-state index contributed by atoms with van der Waals surface area (Å²) in [5, 5.41) is 6.21. The molecule has 0 bridgehead atoms. The largest absolute Gasteiger partial charge is 0.349 e. The quantitative estimate of drug-likeness (QED) is 0.676. The number of hydrogen-bond donors (Lipinski definition) is 2. The van der Waals surface area contributed by atoms with Crippen LogP contribution in [0.3, 0.4) is 0 Å². The summed E-state index contributed by atoms with van der Waals surface area (Å²) in [5.74, 6) is -0.524. The van der Waals surface area contributed by atoms with Crippen LogP contribution >= 0.6 is 11.6 Å². The molecule has 29 heavy (non-hydrogen) atoms. The van der Waals surface area contributed by atoms with Gasteiger partial charge >= 0.3 is 0 Å². The molecule has 8 heteroatoms. The van der Waals surface area contributed by atoms with Crippen LogP contribution in [0.25, 0.3) is 11.0 Å². The van der Waals surface area contributed by atoms with Crippen molar-refractivity contribution in [2.24, 2.45) is 0 Å². The van der Waals surface area contributed by atoms with Crippen molar-refractivity contribution < 1.29 is 9.59 Å². The molecule has 0 saturated heterocycles. The van der Waals surface area contributed by atoms with Crippen LogP contribution in [-0.4, -0.2) is 27.4 Å². The van der Waals surface area contributed by atoms with Gasteiger partial charge in [0.15, 0.2) is 0 Å². The average molecular weight is 411 g/mol. The van der Waals surface area contributed by atoms with Crippen molar-refractivity contribution in [3.05, 3.63) is 69.1 Å². The lowest BCUT2D eigenvalue weighted by Gasteiger charge is -2.12. The molecular formula is C21H19ClN4O3. The van der Waals surface area contributed by atoms with Gasteiger partial charge in [-0.2, -0.15) is 0 Å². The molecule has 1 fully saturated rings. The van der Waals surface area contributed by atoms with E-state index in [1.54, 1.807) is 36.4 Å². The highest BCUT2D eigenvalue weighted by atomic mass is 35.5. The molecule has 148 valence electrons. The number of carbonyl (C=O) groups excluding carboxylic acids is 2. The van der Waals surface area contributed by atoms with Gasteiger partial charge in [0.2, 0.25) is 5.91 Å². The summed E-state index contributed by atoms with van der Waals surface area (Å²) in [6.45, 7) is 1.67. The average Bonchev–Trinajstić information content (AvgIpc) is 3.50. The monoisotopic (exact) mass is 410 g/mol. The second-order valence-corrected chi connectivity index (χ2v) is 7.58. The fourth-order valence-electron chi connectivity index (χ4n) is 3.03. The van der Waals surface area contributed by atoms with E-state index < -0.39 is 5.56 Å². The molecule has 2 N–H and O–H groups in total. The maximum Gasteiger partial charge on any atom is 0.269 e. The third-order valence-electron chi connectivity index (χ3n) is 4.80. The molecule has 3 aromatic rings. The summed E-state index contributed by atoms with van der Waals surface area (Å²) in [7, 11) is 0. The molecule has 0 radical (unpaired) electrons. The normalized spacial score (nSPS) is 13.3. The second-order valence-electron chi connectivity index (χ2n) is 7.14. The molecule has 4 rings (SSSR count). The van der Waals surface area contributed by atoms with Gasteiger partial charge in [-0.25, -0.2) is 4.98 Å². The van der Waals surface area contributed by atoms with E-state index in [4.69, 9.17) is 11.6 Å².